The van der Waals surface area contributed by atoms with Crippen LogP contribution in [0.1, 0.15) is 38.1 Å². The molecule has 0 spiro atoms. The summed E-state index contributed by atoms with van der Waals surface area (Å²) in [6.07, 6.45) is 1.67. The molecule has 0 bridgehead atoms. The summed E-state index contributed by atoms with van der Waals surface area (Å²) in [4.78, 5) is 15.1. The summed E-state index contributed by atoms with van der Waals surface area (Å²) in [6.45, 7) is 8.29. The van der Waals surface area contributed by atoms with Gasteiger partial charge in [-0.3, -0.25) is 4.79 Å². The lowest BCUT2D eigenvalue weighted by atomic mass is 10.2. The van der Waals surface area contributed by atoms with Crippen molar-refractivity contribution < 1.29 is 4.79 Å². The molecule has 3 nitrogen and oxygen atoms in total. The molecule has 0 aromatic carbocycles. The molecule has 0 amide bonds. The monoisotopic (exact) mass is 194 g/mol. The Morgan fingerprint density at radius 1 is 1.50 bits per heavy atom. The quantitative estimate of drug-likeness (QED) is 0.752. The molecule has 0 aliphatic rings. The maximum atomic E-state index is 11.1. The van der Waals surface area contributed by atoms with E-state index >= 15 is 0 Å². The fraction of sp³-hybridized carbons (Fsp3) is 0.455. The van der Waals surface area contributed by atoms with Gasteiger partial charge in [-0.2, -0.15) is 0 Å². The molecule has 0 radical (unpaired) electrons. The first-order chi connectivity index (χ1) is 6.75. The fourth-order valence-corrected chi connectivity index (χ4v) is 0.998. The third-order valence-electron chi connectivity index (χ3n) is 1.53. The van der Waals surface area contributed by atoms with Gasteiger partial charge in [0.15, 0.2) is 5.78 Å². The molecular formula is C11H18N2O. The van der Waals surface area contributed by atoms with Crippen LogP contribution in [0, 0.1) is 0 Å². The third-order valence-corrected chi connectivity index (χ3v) is 1.53. The highest BCUT2D eigenvalue weighted by Gasteiger charge is 2.05. The molecule has 1 aromatic heterocycles. The molecule has 0 saturated carbocycles. The lowest BCUT2D eigenvalue weighted by molar-refractivity contribution is 0.101. The van der Waals surface area contributed by atoms with E-state index < -0.39 is 0 Å². The van der Waals surface area contributed by atoms with Crippen molar-refractivity contribution >= 4 is 11.6 Å². The van der Waals surface area contributed by atoms with E-state index in [9.17, 15) is 4.79 Å². The van der Waals surface area contributed by atoms with Crippen LogP contribution in [0.25, 0.3) is 0 Å². The van der Waals surface area contributed by atoms with Crippen LogP contribution in [-0.4, -0.2) is 17.3 Å². The molecule has 1 N–H and O–H groups in total. The molecule has 78 valence electrons. The van der Waals surface area contributed by atoms with Gasteiger partial charge in [0.25, 0.3) is 0 Å². The molecule has 1 aromatic rings. The van der Waals surface area contributed by atoms with Gasteiger partial charge in [0, 0.05) is 12.7 Å². The number of carbonyl (C=O) groups is 1. The highest BCUT2D eigenvalue weighted by Crippen LogP contribution is 2.10. The van der Waals surface area contributed by atoms with Crippen molar-refractivity contribution in [1.29, 1.82) is 0 Å². The highest BCUT2D eigenvalue weighted by molar-refractivity contribution is 5.98. The number of anilines is 1. The van der Waals surface area contributed by atoms with E-state index in [0.29, 0.717) is 11.4 Å². The van der Waals surface area contributed by atoms with Crippen molar-refractivity contribution in [2.75, 3.05) is 11.9 Å². The second-order valence-corrected chi connectivity index (χ2v) is 2.49. The van der Waals surface area contributed by atoms with Crippen molar-refractivity contribution in [1.82, 2.24) is 4.98 Å². The summed E-state index contributed by atoms with van der Waals surface area (Å²) in [7, 11) is 0. The second-order valence-electron chi connectivity index (χ2n) is 2.49. The van der Waals surface area contributed by atoms with Crippen LogP contribution in [0.15, 0.2) is 18.3 Å². The average Bonchev–Trinajstić information content (AvgIpc) is 2.22. The standard InChI is InChI=1S/C9H12N2O.C2H6/c1-3-10-9-8(7(2)12)5-4-6-11-9;1-2/h4-6H,3H2,1-2H3,(H,10,11);1-2H3. The van der Waals surface area contributed by atoms with Crippen LogP contribution in [0.3, 0.4) is 0 Å². The first-order valence-electron chi connectivity index (χ1n) is 4.95. The number of nitrogens with zero attached hydrogens (tertiary/aromatic N) is 1. The zero-order valence-corrected chi connectivity index (χ0v) is 9.29. The summed E-state index contributed by atoms with van der Waals surface area (Å²) in [5, 5.41) is 3.03. The smallest absolute Gasteiger partial charge is 0.163 e. The van der Waals surface area contributed by atoms with Gasteiger partial charge < -0.3 is 5.32 Å². The predicted octanol–water partition coefficient (Wildman–Crippen LogP) is 2.74. The molecule has 0 fully saturated rings. The Hall–Kier alpha value is -1.38. The SMILES string of the molecule is CC.CCNc1ncccc1C(C)=O. The summed E-state index contributed by atoms with van der Waals surface area (Å²) < 4.78 is 0. The number of rotatable bonds is 3. The topological polar surface area (TPSA) is 42.0 Å². The molecule has 0 aliphatic carbocycles. The maximum absolute atomic E-state index is 11.1. The molecule has 1 heterocycles. The van der Waals surface area contributed by atoms with Crippen molar-refractivity contribution in [3.8, 4) is 0 Å². The highest BCUT2D eigenvalue weighted by atomic mass is 16.1. The molecule has 0 aliphatic heterocycles. The van der Waals surface area contributed by atoms with Crippen LogP contribution in [0.4, 0.5) is 5.82 Å². The van der Waals surface area contributed by atoms with Crippen LogP contribution < -0.4 is 5.32 Å². The van der Waals surface area contributed by atoms with Gasteiger partial charge in [-0.25, -0.2) is 4.98 Å². The van der Waals surface area contributed by atoms with E-state index in [1.165, 1.54) is 6.92 Å². The molecule has 14 heavy (non-hydrogen) atoms. The summed E-state index contributed by atoms with van der Waals surface area (Å²) in [5.74, 6) is 0.714. The first-order valence-corrected chi connectivity index (χ1v) is 4.95. The summed E-state index contributed by atoms with van der Waals surface area (Å²) in [5.41, 5.74) is 0.652. The van der Waals surface area contributed by atoms with Gasteiger partial charge in [-0.1, -0.05) is 13.8 Å². The fourth-order valence-electron chi connectivity index (χ4n) is 0.998. The second kappa shape index (κ2) is 7.06. The van der Waals surface area contributed by atoms with E-state index in [-0.39, 0.29) is 5.78 Å². The van der Waals surface area contributed by atoms with Crippen LogP contribution in [0.5, 0.6) is 0 Å². The first kappa shape index (κ1) is 12.6. The molecule has 0 atom stereocenters. The zero-order chi connectivity index (χ0) is 11.0. The van der Waals surface area contributed by atoms with Gasteiger partial charge in [-0.15, -0.1) is 0 Å². The number of nitrogens with one attached hydrogen (secondary N) is 1. The molecule has 0 saturated heterocycles. The van der Waals surface area contributed by atoms with E-state index in [1.54, 1.807) is 18.3 Å². The van der Waals surface area contributed by atoms with Gasteiger partial charge >= 0.3 is 0 Å². The average molecular weight is 194 g/mol. The van der Waals surface area contributed by atoms with Crippen molar-refractivity contribution in [3.63, 3.8) is 0 Å². The van der Waals surface area contributed by atoms with Gasteiger partial charge in [0.05, 0.1) is 5.56 Å². The Balaban J connectivity index is 0.000000791. The van der Waals surface area contributed by atoms with Crippen molar-refractivity contribution in [2.45, 2.75) is 27.7 Å². The predicted molar refractivity (Wildman–Crippen MR) is 59.8 cm³/mol. The van der Waals surface area contributed by atoms with Gasteiger partial charge in [0.2, 0.25) is 0 Å². The Kier molecular flexibility index (Phi) is 6.37. The largest absolute Gasteiger partial charge is 0.370 e. The Morgan fingerprint density at radius 3 is 2.64 bits per heavy atom. The van der Waals surface area contributed by atoms with Crippen molar-refractivity contribution in [2.24, 2.45) is 0 Å². The van der Waals surface area contributed by atoms with Crippen molar-refractivity contribution in [3.05, 3.63) is 23.9 Å². The number of pyridine rings is 1. The normalized spacial score (nSPS) is 8.57. The third kappa shape index (κ3) is 3.56. The van der Waals surface area contributed by atoms with E-state index in [1.807, 2.05) is 20.8 Å². The van der Waals surface area contributed by atoms with E-state index in [4.69, 9.17) is 0 Å². The molecule has 1 rings (SSSR count). The zero-order valence-electron chi connectivity index (χ0n) is 9.29. The van der Waals surface area contributed by atoms with Crippen LogP contribution >= 0.6 is 0 Å². The number of hydrogen-bond donors (Lipinski definition) is 1. The number of ketones is 1. The van der Waals surface area contributed by atoms with Gasteiger partial charge in [-0.05, 0) is 26.0 Å². The Morgan fingerprint density at radius 2 is 2.14 bits per heavy atom. The lowest BCUT2D eigenvalue weighted by Gasteiger charge is -2.05. The Bertz CT molecular complexity index is 284. The number of hydrogen-bond acceptors (Lipinski definition) is 3. The summed E-state index contributed by atoms with van der Waals surface area (Å²) in [6, 6.07) is 3.53. The summed E-state index contributed by atoms with van der Waals surface area (Å²) >= 11 is 0. The van der Waals surface area contributed by atoms with Gasteiger partial charge in [0.1, 0.15) is 5.82 Å². The minimum atomic E-state index is 0.0408. The number of aromatic nitrogens is 1. The number of carbonyl (C=O) groups excluding carboxylic acids is 1. The molecule has 3 heteroatoms. The van der Waals surface area contributed by atoms with E-state index in [0.717, 1.165) is 6.54 Å². The van der Waals surface area contributed by atoms with Crippen LogP contribution in [0.2, 0.25) is 0 Å². The molecular weight excluding hydrogens is 176 g/mol. The Labute approximate surface area is 85.6 Å². The lowest BCUT2D eigenvalue weighted by Crippen LogP contribution is -2.05. The minimum absolute atomic E-state index is 0.0408. The minimum Gasteiger partial charge on any atom is -0.370 e. The molecule has 0 unspecified atom stereocenters. The number of Topliss-reactive ketones (excluding diaryl/α,β-unsaturated/α-hetero) is 1. The van der Waals surface area contributed by atoms with E-state index in [2.05, 4.69) is 10.3 Å². The maximum Gasteiger partial charge on any atom is 0.163 e. The van der Waals surface area contributed by atoms with Crippen LogP contribution in [-0.2, 0) is 0 Å².